The second-order valence-electron chi connectivity index (χ2n) is 9.11. The molecule has 1 heterocycles. The maximum absolute atomic E-state index is 13.9. The molecule has 0 unspecified atom stereocenters. The number of hydrogen-bond acceptors (Lipinski definition) is 6. The van der Waals surface area contributed by atoms with Gasteiger partial charge in [-0.25, -0.2) is 22.5 Å². The molecule has 3 aromatic rings. The third-order valence-electron chi connectivity index (χ3n) is 6.85. The van der Waals surface area contributed by atoms with E-state index in [1.54, 1.807) is 0 Å². The fourth-order valence-corrected chi connectivity index (χ4v) is 5.94. The van der Waals surface area contributed by atoms with Crippen LogP contribution in [0.15, 0.2) is 53.4 Å². The first-order chi connectivity index (χ1) is 16.9. The second-order valence-corrected chi connectivity index (χ2v) is 10.8. The van der Waals surface area contributed by atoms with Crippen LogP contribution in [0.1, 0.15) is 39.5 Å². The molecule has 0 saturated heterocycles. The van der Waals surface area contributed by atoms with Crippen LogP contribution in [0.4, 0.5) is 16.2 Å². The van der Waals surface area contributed by atoms with Gasteiger partial charge in [0.25, 0.3) is 0 Å². The summed E-state index contributed by atoms with van der Waals surface area (Å²) in [6.45, 7) is 7.12. The molecular weight excluding hydrogens is 465 g/mol. The highest BCUT2D eigenvalue weighted by Gasteiger charge is 2.25. The van der Waals surface area contributed by atoms with Crippen molar-refractivity contribution in [1.82, 2.24) is 14.7 Å². The van der Waals surface area contributed by atoms with E-state index in [4.69, 9.17) is 9.97 Å². The van der Waals surface area contributed by atoms with E-state index in [0.29, 0.717) is 18.4 Å². The number of aromatic nitrogens is 2. The van der Waals surface area contributed by atoms with Gasteiger partial charge < -0.3 is 10.2 Å². The second kappa shape index (κ2) is 11.3. The predicted octanol–water partition coefficient (Wildman–Crippen LogP) is 4.81. The SMILES string of the molecule is CCN(CC)c1nc(NCC2CCC(CNS(=O)(=O)c3ccccc3F)CC2)nc2ccccc12. The molecule has 2 N–H and O–H groups in total. The highest BCUT2D eigenvalue weighted by molar-refractivity contribution is 7.89. The van der Waals surface area contributed by atoms with Crippen molar-refractivity contribution in [2.75, 3.05) is 36.4 Å². The van der Waals surface area contributed by atoms with Crippen molar-refractivity contribution in [1.29, 1.82) is 0 Å². The number of nitrogens with zero attached hydrogens (tertiary/aromatic N) is 3. The van der Waals surface area contributed by atoms with E-state index in [0.717, 1.165) is 68.1 Å². The number of rotatable bonds is 10. The molecule has 35 heavy (non-hydrogen) atoms. The van der Waals surface area contributed by atoms with E-state index in [2.05, 4.69) is 34.9 Å². The van der Waals surface area contributed by atoms with Crippen LogP contribution >= 0.6 is 0 Å². The molecule has 2 aromatic carbocycles. The van der Waals surface area contributed by atoms with Crippen LogP contribution in [-0.2, 0) is 10.0 Å². The van der Waals surface area contributed by atoms with Crippen molar-refractivity contribution in [3.63, 3.8) is 0 Å². The van der Waals surface area contributed by atoms with Gasteiger partial charge in [0.05, 0.1) is 5.52 Å². The highest BCUT2D eigenvalue weighted by Crippen LogP contribution is 2.30. The zero-order valence-electron chi connectivity index (χ0n) is 20.4. The zero-order chi connectivity index (χ0) is 24.8. The van der Waals surface area contributed by atoms with E-state index >= 15 is 0 Å². The maximum atomic E-state index is 13.9. The van der Waals surface area contributed by atoms with Gasteiger partial charge in [-0.05, 0) is 75.6 Å². The standard InChI is InChI=1S/C26H34FN5O2S/c1-3-32(4-2)25-21-9-5-7-11-23(21)30-26(31-25)28-17-19-13-15-20(16-14-19)18-29-35(33,34)24-12-8-6-10-22(24)27/h5-12,19-20,29H,3-4,13-18H2,1-2H3,(H,28,30,31). The molecule has 0 aliphatic heterocycles. The molecule has 0 amide bonds. The number of fused-ring (bicyclic) bond motifs is 1. The van der Waals surface area contributed by atoms with Gasteiger partial charge in [-0.15, -0.1) is 0 Å². The van der Waals surface area contributed by atoms with E-state index in [1.807, 2.05) is 18.2 Å². The van der Waals surface area contributed by atoms with Gasteiger partial charge >= 0.3 is 0 Å². The van der Waals surface area contributed by atoms with E-state index in [9.17, 15) is 12.8 Å². The van der Waals surface area contributed by atoms with Gasteiger partial charge in [-0.1, -0.05) is 24.3 Å². The lowest BCUT2D eigenvalue weighted by molar-refractivity contribution is 0.284. The fraction of sp³-hybridized carbons (Fsp3) is 0.462. The average molecular weight is 500 g/mol. The number of benzene rings is 2. The van der Waals surface area contributed by atoms with Crippen LogP contribution in [-0.4, -0.2) is 44.6 Å². The topological polar surface area (TPSA) is 87.2 Å². The first-order valence-electron chi connectivity index (χ1n) is 12.4. The Kier molecular flexibility index (Phi) is 8.18. The molecule has 1 aliphatic rings. The van der Waals surface area contributed by atoms with Crippen LogP contribution in [0.25, 0.3) is 10.9 Å². The van der Waals surface area contributed by atoms with Crippen molar-refractivity contribution >= 4 is 32.7 Å². The van der Waals surface area contributed by atoms with Crippen LogP contribution in [0.2, 0.25) is 0 Å². The van der Waals surface area contributed by atoms with Gasteiger partial charge in [-0.3, -0.25) is 0 Å². The molecule has 0 spiro atoms. The maximum Gasteiger partial charge on any atom is 0.243 e. The quantitative estimate of drug-likeness (QED) is 0.416. The summed E-state index contributed by atoms with van der Waals surface area (Å²) in [7, 11) is -3.84. The van der Waals surface area contributed by atoms with Gasteiger partial charge in [0.15, 0.2) is 0 Å². The van der Waals surface area contributed by atoms with Crippen molar-refractivity contribution in [3.05, 3.63) is 54.3 Å². The summed E-state index contributed by atoms with van der Waals surface area (Å²) >= 11 is 0. The summed E-state index contributed by atoms with van der Waals surface area (Å²) in [5, 5.41) is 4.50. The molecule has 9 heteroatoms. The lowest BCUT2D eigenvalue weighted by Crippen LogP contribution is -2.32. The summed E-state index contributed by atoms with van der Waals surface area (Å²) in [4.78, 5) is 11.5. The summed E-state index contributed by atoms with van der Waals surface area (Å²) in [6.07, 6.45) is 3.84. The van der Waals surface area contributed by atoms with Gasteiger partial charge in [-0.2, -0.15) is 4.98 Å². The Labute approximate surface area is 207 Å². The fourth-order valence-electron chi connectivity index (χ4n) is 4.75. The van der Waals surface area contributed by atoms with Gasteiger partial charge in [0.2, 0.25) is 16.0 Å². The molecule has 1 fully saturated rings. The zero-order valence-corrected chi connectivity index (χ0v) is 21.2. The molecule has 0 bridgehead atoms. The Balaban J connectivity index is 1.32. The first kappa shape index (κ1) is 25.3. The number of para-hydroxylation sites is 1. The van der Waals surface area contributed by atoms with Crippen molar-refractivity contribution in [2.24, 2.45) is 11.8 Å². The van der Waals surface area contributed by atoms with Crippen molar-refractivity contribution in [2.45, 2.75) is 44.4 Å². The van der Waals surface area contributed by atoms with Crippen molar-refractivity contribution < 1.29 is 12.8 Å². The van der Waals surface area contributed by atoms with Crippen LogP contribution < -0.4 is 14.9 Å². The molecule has 1 aromatic heterocycles. The van der Waals surface area contributed by atoms with Crippen LogP contribution in [0.5, 0.6) is 0 Å². The normalized spacial score (nSPS) is 18.5. The minimum absolute atomic E-state index is 0.249. The molecule has 1 saturated carbocycles. The Morgan fingerprint density at radius 3 is 2.23 bits per heavy atom. The minimum Gasteiger partial charge on any atom is -0.356 e. The third-order valence-corrected chi connectivity index (χ3v) is 8.31. The molecule has 0 radical (unpaired) electrons. The van der Waals surface area contributed by atoms with Gasteiger partial charge in [0.1, 0.15) is 16.5 Å². The summed E-state index contributed by atoms with van der Waals surface area (Å²) in [5.74, 6) is 1.59. The molecule has 188 valence electrons. The van der Waals surface area contributed by atoms with Gasteiger partial charge in [0, 0.05) is 31.6 Å². The number of hydrogen-bond donors (Lipinski definition) is 2. The first-order valence-corrected chi connectivity index (χ1v) is 13.9. The lowest BCUT2D eigenvalue weighted by atomic mass is 9.82. The minimum atomic E-state index is -3.84. The monoisotopic (exact) mass is 499 g/mol. The number of anilines is 2. The summed E-state index contributed by atoms with van der Waals surface area (Å²) in [5.41, 5.74) is 0.928. The van der Waals surface area contributed by atoms with Crippen LogP contribution in [0, 0.1) is 17.7 Å². The smallest absolute Gasteiger partial charge is 0.243 e. The molecular formula is C26H34FN5O2S. The molecule has 4 rings (SSSR count). The van der Waals surface area contributed by atoms with Crippen molar-refractivity contribution in [3.8, 4) is 0 Å². The largest absolute Gasteiger partial charge is 0.356 e. The molecule has 0 atom stereocenters. The Hall–Kier alpha value is -2.78. The van der Waals surface area contributed by atoms with E-state index in [-0.39, 0.29) is 10.8 Å². The summed E-state index contributed by atoms with van der Waals surface area (Å²) < 4.78 is 41.4. The highest BCUT2D eigenvalue weighted by atomic mass is 32.2. The average Bonchev–Trinajstić information content (AvgIpc) is 2.88. The van der Waals surface area contributed by atoms with Crippen LogP contribution in [0.3, 0.4) is 0 Å². The molecule has 7 nitrogen and oxygen atoms in total. The Bertz CT molecular complexity index is 1240. The van der Waals surface area contributed by atoms with E-state index in [1.165, 1.54) is 18.2 Å². The number of nitrogens with one attached hydrogen (secondary N) is 2. The number of sulfonamides is 1. The Morgan fingerprint density at radius 2 is 1.54 bits per heavy atom. The lowest BCUT2D eigenvalue weighted by Gasteiger charge is -2.29. The van der Waals surface area contributed by atoms with E-state index < -0.39 is 15.8 Å². The predicted molar refractivity (Wildman–Crippen MR) is 139 cm³/mol. The summed E-state index contributed by atoms with van der Waals surface area (Å²) in [6, 6.07) is 13.6. The third kappa shape index (κ3) is 6.08. The molecule has 1 aliphatic carbocycles. The Morgan fingerprint density at radius 1 is 0.914 bits per heavy atom. The number of halogens is 1.